The van der Waals surface area contributed by atoms with Gasteiger partial charge in [-0.1, -0.05) is 35.3 Å². The Bertz CT molecular complexity index is 1080. The fourth-order valence-corrected chi connectivity index (χ4v) is 3.98. The first kappa shape index (κ1) is 18.8. The number of aromatic hydroxyl groups is 1. The highest BCUT2D eigenvalue weighted by atomic mass is 35.5. The number of aromatic nitrogens is 2. The zero-order chi connectivity index (χ0) is 20.0. The Morgan fingerprint density at radius 1 is 1.25 bits per heavy atom. The summed E-state index contributed by atoms with van der Waals surface area (Å²) in [4.78, 5) is 14.5. The SMILES string of the molecule is Cc1cc(O)c(-c2n[nH]c3c2[C@H](c2cccc(Cl)c2)N(CCO)C3=O)cc1Cl. The highest BCUT2D eigenvalue weighted by molar-refractivity contribution is 6.31. The molecule has 0 saturated heterocycles. The number of carbonyl (C=O) groups is 1. The van der Waals surface area contributed by atoms with Gasteiger partial charge in [0.05, 0.1) is 12.6 Å². The lowest BCUT2D eigenvalue weighted by Crippen LogP contribution is -2.32. The number of aliphatic hydroxyl groups excluding tert-OH is 1. The van der Waals surface area contributed by atoms with Gasteiger partial charge < -0.3 is 15.1 Å². The summed E-state index contributed by atoms with van der Waals surface area (Å²) in [5.41, 5.74) is 3.33. The maximum atomic E-state index is 12.9. The van der Waals surface area contributed by atoms with E-state index in [4.69, 9.17) is 23.2 Å². The van der Waals surface area contributed by atoms with E-state index in [1.54, 1.807) is 42.2 Å². The van der Waals surface area contributed by atoms with E-state index in [2.05, 4.69) is 10.2 Å². The summed E-state index contributed by atoms with van der Waals surface area (Å²) in [6.07, 6.45) is 0. The third-order valence-electron chi connectivity index (χ3n) is 4.90. The number of halogens is 2. The Kier molecular flexibility index (Phi) is 4.79. The monoisotopic (exact) mass is 417 g/mol. The summed E-state index contributed by atoms with van der Waals surface area (Å²) in [5, 5.41) is 28.1. The van der Waals surface area contributed by atoms with Crippen molar-refractivity contribution in [2.75, 3.05) is 13.2 Å². The molecule has 4 rings (SSSR count). The van der Waals surface area contributed by atoms with E-state index in [9.17, 15) is 15.0 Å². The normalized spacial score (nSPS) is 15.9. The van der Waals surface area contributed by atoms with Crippen molar-refractivity contribution in [1.82, 2.24) is 15.1 Å². The second-order valence-corrected chi connectivity index (χ2v) is 7.50. The van der Waals surface area contributed by atoms with Gasteiger partial charge in [-0.2, -0.15) is 5.10 Å². The van der Waals surface area contributed by atoms with Crippen LogP contribution in [0.3, 0.4) is 0 Å². The van der Waals surface area contributed by atoms with Crippen LogP contribution in [-0.4, -0.2) is 44.4 Å². The number of aryl methyl sites for hydroxylation is 1. The maximum absolute atomic E-state index is 12.9. The van der Waals surface area contributed by atoms with Crippen molar-refractivity contribution in [3.63, 3.8) is 0 Å². The molecule has 0 aliphatic carbocycles. The fourth-order valence-electron chi connectivity index (χ4n) is 3.62. The van der Waals surface area contributed by atoms with Crippen LogP contribution in [0.4, 0.5) is 0 Å². The number of H-pyrrole nitrogens is 1. The van der Waals surface area contributed by atoms with Gasteiger partial charge in [-0.3, -0.25) is 9.89 Å². The van der Waals surface area contributed by atoms with E-state index < -0.39 is 6.04 Å². The summed E-state index contributed by atoms with van der Waals surface area (Å²) in [7, 11) is 0. The molecule has 28 heavy (non-hydrogen) atoms. The van der Waals surface area contributed by atoms with Crippen LogP contribution in [0.15, 0.2) is 36.4 Å². The zero-order valence-electron chi connectivity index (χ0n) is 14.9. The first-order chi connectivity index (χ1) is 13.4. The van der Waals surface area contributed by atoms with Crippen LogP contribution in [0.2, 0.25) is 10.0 Å². The number of hydrogen-bond acceptors (Lipinski definition) is 4. The van der Waals surface area contributed by atoms with E-state index in [1.165, 1.54) is 0 Å². The van der Waals surface area contributed by atoms with Gasteiger partial charge in [0.1, 0.15) is 17.1 Å². The van der Waals surface area contributed by atoms with E-state index >= 15 is 0 Å². The molecular weight excluding hydrogens is 401 g/mol. The van der Waals surface area contributed by atoms with Crippen LogP contribution in [0.1, 0.15) is 33.2 Å². The first-order valence-corrected chi connectivity index (χ1v) is 9.43. The number of nitrogens with one attached hydrogen (secondary N) is 1. The summed E-state index contributed by atoms with van der Waals surface area (Å²) < 4.78 is 0. The van der Waals surface area contributed by atoms with E-state index in [1.807, 2.05) is 6.07 Å². The Morgan fingerprint density at radius 3 is 2.75 bits per heavy atom. The first-order valence-electron chi connectivity index (χ1n) is 8.67. The lowest BCUT2D eigenvalue weighted by atomic mass is 9.95. The molecule has 3 N–H and O–H groups in total. The second-order valence-electron chi connectivity index (χ2n) is 6.66. The van der Waals surface area contributed by atoms with E-state index in [0.717, 1.165) is 11.1 Å². The van der Waals surface area contributed by atoms with Crippen LogP contribution >= 0.6 is 23.2 Å². The molecule has 0 unspecified atom stereocenters. The van der Waals surface area contributed by atoms with Gasteiger partial charge in [0.25, 0.3) is 5.91 Å². The minimum Gasteiger partial charge on any atom is -0.507 e. The number of rotatable bonds is 4. The standard InChI is InChI=1S/C20H17Cl2N3O3/c1-10-7-15(27)13(9-14(10)22)17-16-18(24-23-17)20(28)25(5-6-26)19(16)11-3-2-4-12(21)8-11/h2-4,7-9,19,26-27H,5-6H2,1H3,(H,23,24)/t19-/m0/s1. The molecule has 1 aromatic heterocycles. The molecule has 3 aromatic rings. The second kappa shape index (κ2) is 7.13. The molecule has 1 atom stereocenters. The van der Waals surface area contributed by atoms with Crippen LogP contribution in [-0.2, 0) is 0 Å². The van der Waals surface area contributed by atoms with Crippen LogP contribution in [0, 0.1) is 6.92 Å². The number of aromatic amines is 1. The number of hydrogen-bond donors (Lipinski definition) is 3. The molecule has 2 heterocycles. The van der Waals surface area contributed by atoms with Crippen molar-refractivity contribution in [2.45, 2.75) is 13.0 Å². The topological polar surface area (TPSA) is 89.5 Å². The Hall–Kier alpha value is -2.54. The van der Waals surface area contributed by atoms with Gasteiger partial charge in [0.2, 0.25) is 0 Å². The minimum atomic E-state index is -0.499. The average molecular weight is 418 g/mol. The molecule has 1 aliphatic heterocycles. The number of nitrogens with zero attached hydrogens (tertiary/aromatic N) is 2. The van der Waals surface area contributed by atoms with Crippen molar-refractivity contribution in [1.29, 1.82) is 0 Å². The van der Waals surface area contributed by atoms with Crippen molar-refractivity contribution in [2.24, 2.45) is 0 Å². The molecule has 0 saturated carbocycles. The third kappa shape index (κ3) is 2.94. The maximum Gasteiger partial charge on any atom is 0.273 e. The molecule has 144 valence electrons. The van der Waals surface area contributed by atoms with E-state index in [-0.39, 0.29) is 24.8 Å². The number of fused-ring (bicyclic) bond motifs is 1. The van der Waals surface area contributed by atoms with Gasteiger partial charge in [0, 0.05) is 27.7 Å². The largest absolute Gasteiger partial charge is 0.507 e. The number of phenolic OH excluding ortho intramolecular Hbond substituents is 1. The molecule has 0 fully saturated rings. The Morgan fingerprint density at radius 2 is 2.04 bits per heavy atom. The smallest absolute Gasteiger partial charge is 0.273 e. The van der Waals surface area contributed by atoms with Crippen molar-refractivity contribution < 1.29 is 15.0 Å². The number of benzene rings is 2. The van der Waals surface area contributed by atoms with Crippen LogP contribution < -0.4 is 0 Å². The molecule has 6 nitrogen and oxygen atoms in total. The fraction of sp³-hybridized carbons (Fsp3) is 0.200. The molecule has 1 amide bonds. The predicted molar refractivity (Wildman–Crippen MR) is 107 cm³/mol. The van der Waals surface area contributed by atoms with Crippen LogP contribution in [0.5, 0.6) is 5.75 Å². The minimum absolute atomic E-state index is 0.0223. The van der Waals surface area contributed by atoms with Crippen molar-refractivity contribution >= 4 is 29.1 Å². The lowest BCUT2D eigenvalue weighted by molar-refractivity contribution is 0.0706. The summed E-state index contributed by atoms with van der Waals surface area (Å²) in [6, 6.07) is 9.89. The van der Waals surface area contributed by atoms with Crippen molar-refractivity contribution in [3.05, 3.63) is 68.8 Å². The predicted octanol–water partition coefficient (Wildman–Crippen LogP) is 3.94. The van der Waals surface area contributed by atoms with Gasteiger partial charge in [-0.25, -0.2) is 0 Å². The molecule has 0 spiro atoms. The highest BCUT2D eigenvalue weighted by Crippen LogP contribution is 2.45. The molecular formula is C20H17Cl2N3O3. The zero-order valence-corrected chi connectivity index (χ0v) is 16.4. The molecule has 0 bridgehead atoms. The number of phenols is 1. The van der Waals surface area contributed by atoms with Crippen molar-refractivity contribution in [3.8, 4) is 17.0 Å². The number of β-amino-alcohol motifs (C(OH)–C–C–N with tert-alkyl or cyclic N) is 1. The molecule has 2 aromatic carbocycles. The summed E-state index contributed by atoms with van der Waals surface area (Å²) in [5.74, 6) is -0.250. The quantitative estimate of drug-likeness (QED) is 0.599. The van der Waals surface area contributed by atoms with Gasteiger partial charge in [0.15, 0.2) is 0 Å². The van der Waals surface area contributed by atoms with E-state index in [0.29, 0.717) is 32.6 Å². The van der Waals surface area contributed by atoms with Gasteiger partial charge in [-0.05, 0) is 42.3 Å². The summed E-state index contributed by atoms with van der Waals surface area (Å²) in [6.45, 7) is 1.76. The summed E-state index contributed by atoms with van der Waals surface area (Å²) >= 11 is 12.4. The number of amides is 1. The Labute approximate surface area is 171 Å². The van der Waals surface area contributed by atoms with Gasteiger partial charge in [-0.15, -0.1) is 0 Å². The highest BCUT2D eigenvalue weighted by Gasteiger charge is 2.42. The Balaban J connectivity index is 1.94. The number of carbonyl (C=O) groups excluding carboxylic acids is 1. The lowest BCUT2D eigenvalue weighted by Gasteiger charge is -2.25. The molecule has 1 aliphatic rings. The molecule has 0 radical (unpaired) electrons. The van der Waals surface area contributed by atoms with Crippen LogP contribution in [0.25, 0.3) is 11.3 Å². The average Bonchev–Trinajstić information content (AvgIpc) is 3.18. The number of aliphatic hydroxyl groups is 1. The third-order valence-corrected chi connectivity index (χ3v) is 5.54. The van der Waals surface area contributed by atoms with Gasteiger partial charge >= 0.3 is 0 Å². The molecule has 8 heteroatoms.